The number of aromatic nitrogens is 5. The van der Waals surface area contributed by atoms with E-state index in [1.807, 2.05) is 37.6 Å². The van der Waals surface area contributed by atoms with Gasteiger partial charge in [-0.1, -0.05) is 0 Å². The van der Waals surface area contributed by atoms with Gasteiger partial charge in [0.15, 0.2) is 11.6 Å². The Labute approximate surface area is 248 Å². The minimum Gasteiger partial charge on any atom is -0.378 e. The van der Waals surface area contributed by atoms with E-state index in [0.29, 0.717) is 49.1 Å². The smallest absolute Gasteiger partial charge is 0.323 e. The average molecular weight is 578 g/mol. The molecule has 2 N–H and O–H groups in total. The van der Waals surface area contributed by atoms with E-state index in [1.165, 1.54) is 4.90 Å². The monoisotopic (exact) mass is 577 g/mol. The molecule has 1 fully saturated rings. The molecule has 1 aliphatic rings. The first kappa shape index (κ1) is 27.8. The number of hydrogen-bond acceptors (Lipinski definition) is 8. The van der Waals surface area contributed by atoms with Gasteiger partial charge >= 0.3 is 6.03 Å². The third-order valence-electron chi connectivity index (χ3n) is 7.06. The number of ether oxygens (including phenoxy) is 1. The van der Waals surface area contributed by atoms with Gasteiger partial charge < -0.3 is 25.2 Å². The molecule has 0 aliphatic carbocycles. The van der Waals surface area contributed by atoms with Gasteiger partial charge in [0.2, 0.25) is 0 Å². The van der Waals surface area contributed by atoms with E-state index in [1.54, 1.807) is 61.4 Å². The highest BCUT2D eigenvalue weighted by Crippen LogP contribution is 2.30. The molecule has 0 bridgehead atoms. The molecule has 12 nitrogen and oxygen atoms in total. The van der Waals surface area contributed by atoms with Gasteiger partial charge in [-0.05, 0) is 54.6 Å². The molecular weight excluding hydrogens is 546 g/mol. The maximum absolute atomic E-state index is 12.6. The molecular formula is C31H31N9O3. The highest BCUT2D eigenvalue weighted by atomic mass is 16.5. The maximum Gasteiger partial charge on any atom is 0.323 e. The quantitative estimate of drug-likeness (QED) is 0.306. The van der Waals surface area contributed by atoms with E-state index in [4.69, 9.17) is 19.7 Å². The number of rotatable bonds is 6. The van der Waals surface area contributed by atoms with Crippen LogP contribution in [-0.4, -0.2) is 82.0 Å². The average Bonchev–Trinajstić information content (AvgIpc) is 3.47. The summed E-state index contributed by atoms with van der Waals surface area (Å²) in [6.07, 6.45) is 5.57. The summed E-state index contributed by atoms with van der Waals surface area (Å²) in [5, 5.41) is 9.91. The number of amides is 3. The van der Waals surface area contributed by atoms with Crippen LogP contribution < -0.4 is 15.5 Å². The molecule has 0 atom stereocenters. The van der Waals surface area contributed by atoms with Crippen molar-refractivity contribution in [2.24, 2.45) is 7.05 Å². The van der Waals surface area contributed by atoms with Crippen molar-refractivity contribution in [3.8, 4) is 22.5 Å². The molecule has 12 heteroatoms. The topological polar surface area (TPSA) is 130 Å². The number of nitrogens with zero attached hydrogens (tertiary/aromatic N) is 7. The number of morpholine rings is 1. The minimum atomic E-state index is -0.398. The molecule has 0 radical (unpaired) electrons. The Morgan fingerprint density at radius 3 is 2.16 bits per heavy atom. The Morgan fingerprint density at radius 1 is 0.860 bits per heavy atom. The van der Waals surface area contributed by atoms with Crippen molar-refractivity contribution >= 4 is 40.2 Å². The Morgan fingerprint density at radius 2 is 1.53 bits per heavy atom. The summed E-state index contributed by atoms with van der Waals surface area (Å²) in [5.74, 6) is 1.22. The summed E-state index contributed by atoms with van der Waals surface area (Å²) in [6, 6.07) is 15.7. The molecule has 1 aliphatic heterocycles. The zero-order valence-corrected chi connectivity index (χ0v) is 24.1. The molecule has 43 heavy (non-hydrogen) atoms. The van der Waals surface area contributed by atoms with Crippen molar-refractivity contribution in [2.75, 3.05) is 55.9 Å². The molecule has 1 saturated heterocycles. The van der Waals surface area contributed by atoms with Gasteiger partial charge in [-0.2, -0.15) is 5.10 Å². The van der Waals surface area contributed by atoms with Gasteiger partial charge in [0.05, 0.1) is 24.9 Å². The Hall–Kier alpha value is -5.36. The summed E-state index contributed by atoms with van der Waals surface area (Å²) in [6.45, 7) is 2.67. The van der Waals surface area contributed by atoms with Gasteiger partial charge in [0, 0.05) is 80.3 Å². The fraction of sp³-hybridized carbons (Fsp3) is 0.226. The number of benzene rings is 2. The van der Waals surface area contributed by atoms with E-state index in [0.717, 1.165) is 33.5 Å². The lowest BCUT2D eigenvalue weighted by atomic mass is 10.1. The molecule has 3 aromatic heterocycles. The molecule has 0 spiro atoms. The molecule has 0 unspecified atom stereocenters. The molecule has 4 heterocycles. The SMILES string of the molecule is CN(C)C(=O)c1ccc(NC(=O)Nc2ccc(-c3nc(N4CCOCC4)c4ncc(-c5cnn(C)c5)cc4n3)cc2)cc1. The Bertz CT molecular complexity index is 1780. The summed E-state index contributed by atoms with van der Waals surface area (Å²) in [7, 11) is 5.27. The first-order valence-electron chi connectivity index (χ1n) is 13.8. The van der Waals surface area contributed by atoms with Crippen molar-refractivity contribution in [2.45, 2.75) is 0 Å². The maximum atomic E-state index is 12.6. The van der Waals surface area contributed by atoms with Crippen LogP contribution in [0.25, 0.3) is 33.5 Å². The zero-order valence-electron chi connectivity index (χ0n) is 24.1. The van der Waals surface area contributed by atoms with Gasteiger partial charge in [0.25, 0.3) is 5.91 Å². The van der Waals surface area contributed by atoms with Crippen LogP contribution >= 0.6 is 0 Å². The standard InChI is InChI=1S/C31H31N9O3/c1-38(2)30(41)21-6-10-25(11-7-21)35-31(42)34-24-8-4-20(5-9-24)28-36-26-16-22(23-18-33-39(3)19-23)17-32-27(26)29(37-28)40-12-14-43-15-13-40/h4-11,16-19H,12-15H2,1-3H3,(H2,34,35,42). The molecule has 5 aromatic rings. The highest BCUT2D eigenvalue weighted by molar-refractivity contribution is 6.00. The van der Waals surface area contributed by atoms with Crippen molar-refractivity contribution in [3.05, 3.63) is 78.8 Å². The van der Waals surface area contributed by atoms with Gasteiger partial charge in [-0.25, -0.2) is 14.8 Å². The number of carbonyl (C=O) groups is 2. The van der Waals surface area contributed by atoms with Crippen LogP contribution in [0.5, 0.6) is 0 Å². The zero-order chi connectivity index (χ0) is 29.9. The van der Waals surface area contributed by atoms with Gasteiger partial charge in [-0.3, -0.25) is 14.5 Å². The number of pyridine rings is 1. The second-order valence-corrected chi connectivity index (χ2v) is 10.4. The number of urea groups is 1. The third-order valence-corrected chi connectivity index (χ3v) is 7.06. The molecule has 3 amide bonds. The highest BCUT2D eigenvalue weighted by Gasteiger charge is 2.20. The van der Waals surface area contributed by atoms with Crippen LogP contribution in [-0.2, 0) is 11.8 Å². The predicted molar refractivity (Wildman–Crippen MR) is 165 cm³/mol. The van der Waals surface area contributed by atoms with Crippen molar-refractivity contribution in [3.63, 3.8) is 0 Å². The molecule has 6 rings (SSSR count). The molecule has 2 aromatic carbocycles. The van der Waals surface area contributed by atoms with Crippen LogP contribution in [0.4, 0.5) is 22.0 Å². The number of aryl methyl sites for hydroxylation is 1. The number of fused-ring (bicyclic) bond motifs is 1. The molecule has 0 saturated carbocycles. The largest absolute Gasteiger partial charge is 0.378 e. The van der Waals surface area contributed by atoms with Crippen molar-refractivity contribution in [1.29, 1.82) is 0 Å². The summed E-state index contributed by atoms with van der Waals surface area (Å²) in [4.78, 5) is 43.0. The van der Waals surface area contributed by atoms with Crippen LogP contribution in [0.1, 0.15) is 10.4 Å². The van der Waals surface area contributed by atoms with Gasteiger partial charge in [0.1, 0.15) is 5.52 Å². The summed E-state index contributed by atoms with van der Waals surface area (Å²) >= 11 is 0. The summed E-state index contributed by atoms with van der Waals surface area (Å²) < 4.78 is 7.32. The normalized spacial score (nSPS) is 13.1. The fourth-order valence-corrected chi connectivity index (χ4v) is 4.81. The Kier molecular flexibility index (Phi) is 7.67. The van der Waals surface area contributed by atoms with Crippen LogP contribution in [0.15, 0.2) is 73.2 Å². The van der Waals surface area contributed by atoms with E-state index in [-0.39, 0.29) is 5.91 Å². The number of hydrogen-bond donors (Lipinski definition) is 2. The fourth-order valence-electron chi connectivity index (χ4n) is 4.81. The second-order valence-electron chi connectivity index (χ2n) is 10.4. The number of nitrogens with one attached hydrogen (secondary N) is 2. The van der Waals surface area contributed by atoms with Gasteiger partial charge in [-0.15, -0.1) is 0 Å². The second kappa shape index (κ2) is 11.9. The van der Waals surface area contributed by atoms with Crippen molar-refractivity contribution in [1.82, 2.24) is 29.6 Å². The van der Waals surface area contributed by atoms with Crippen LogP contribution in [0.3, 0.4) is 0 Å². The lowest BCUT2D eigenvalue weighted by Crippen LogP contribution is -2.37. The van der Waals surface area contributed by atoms with Crippen LogP contribution in [0, 0.1) is 0 Å². The summed E-state index contributed by atoms with van der Waals surface area (Å²) in [5.41, 5.74) is 5.86. The van der Waals surface area contributed by atoms with Crippen molar-refractivity contribution < 1.29 is 14.3 Å². The molecule has 218 valence electrons. The number of carbonyl (C=O) groups excluding carboxylic acids is 2. The predicted octanol–water partition coefficient (Wildman–Crippen LogP) is 4.27. The Balaban J connectivity index is 1.23. The van der Waals surface area contributed by atoms with E-state index < -0.39 is 6.03 Å². The first-order valence-corrected chi connectivity index (χ1v) is 13.8. The van der Waals surface area contributed by atoms with E-state index >= 15 is 0 Å². The lowest BCUT2D eigenvalue weighted by Gasteiger charge is -2.28. The van der Waals surface area contributed by atoms with E-state index in [9.17, 15) is 9.59 Å². The third kappa shape index (κ3) is 6.14. The number of anilines is 3. The first-order chi connectivity index (χ1) is 20.8. The lowest BCUT2D eigenvalue weighted by molar-refractivity contribution is 0.0827. The van der Waals surface area contributed by atoms with E-state index in [2.05, 4.69) is 20.6 Å². The minimum absolute atomic E-state index is 0.103. The van der Waals surface area contributed by atoms with Crippen LogP contribution in [0.2, 0.25) is 0 Å².